The maximum Gasteiger partial charge on any atom is 0.252 e. The third kappa shape index (κ3) is 2.29. The Balaban J connectivity index is 2.69. The monoisotopic (exact) mass is 270 g/mol. The lowest BCUT2D eigenvalue weighted by Gasteiger charge is -2.19. The van der Waals surface area contributed by atoms with Gasteiger partial charge in [-0.2, -0.15) is 0 Å². The van der Waals surface area contributed by atoms with Crippen LogP contribution >= 0.6 is 0 Å². The average molecular weight is 270 g/mol. The first-order valence-corrected chi connectivity index (χ1v) is 6.73. The summed E-state index contributed by atoms with van der Waals surface area (Å²) in [5, 5.41) is 0. The highest BCUT2D eigenvalue weighted by Gasteiger charge is 2.31. The number of hydrogen-bond donors (Lipinski definition) is 1. The lowest BCUT2D eigenvalue weighted by molar-refractivity contribution is -0.111. The zero-order valence-electron chi connectivity index (χ0n) is 11.9. The van der Waals surface area contributed by atoms with Crippen molar-refractivity contribution in [3.8, 4) is 0 Å². The number of carbonyl (C=O) groups is 2. The number of ketones is 2. The first-order chi connectivity index (χ1) is 9.47. The van der Waals surface area contributed by atoms with Gasteiger partial charge in [0.15, 0.2) is 0 Å². The molecule has 0 saturated heterocycles. The minimum atomic E-state index is -0.566. The molecule has 0 atom stereocenters. The fourth-order valence-electron chi connectivity index (χ4n) is 2.17. The van der Waals surface area contributed by atoms with Gasteiger partial charge in [0.25, 0.3) is 5.78 Å². The van der Waals surface area contributed by atoms with Crippen LogP contribution in [0.2, 0.25) is 0 Å². The minimum absolute atomic E-state index is 0.0284. The van der Waals surface area contributed by atoms with Crippen molar-refractivity contribution in [2.24, 2.45) is 16.6 Å². The van der Waals surface area contributed by atoms with Crippen molar-refractivity contribution in [2.45, 2.75) is 27.2 Å². The largest absolute Gasteiger partial charge is 0.387 e. The second kappa shape index (κ2) is 5.41. The predicted molar refractivity (Wildman–Crippen MR) is 79.5 cm³/mol. The van der Waals surface area contributed by atoms with Crippen molar-refractivity contribution in [2.75, 3.05) is 0 Å². The molecule has 2 N–H and O–H groups in total. The standard InChI is InChI=1S/C16H18N2O2/c1-4-10-11-7-5-6-8-12(11)14(19)15(20)13(10)18-16(17)9(2)3/h5-9H,4H2,1-3H3,(H2,17,18). The van der Waals surface area contributed by atoms with Crippen molar-refractivity contribution in [1.29, 1.82) is 0 Å². The van der Waals surface area contributed by atoms with E-state index in [9.17, 15) is 9.59 Å². The molecular formula is C16H18N2O2. The van der Waals surface area contributed by atoms with Crippen LogP contribution in [0.5, 0.6) is 0 Å². The van der Waals surface area contributed by atoms with E-state index in [0.717, 1.165) is 11.1 Å². The number of carbonyl (C=O) groups excluding carboxylic acids is 2. The van der Waals surface area contributed by atoms with E-state index in [1.165, 1.54) is 0 Å². The molecule has 104 valence electrons. The molecule has 0 aliphatic heterocycles. The normalized spacial score (nSPS) is 15.9. The maximum absolute atomic E-state index is 12.2. The Bertz CT molecular complexity index is 640. The molecule has 0 fully saturated rings. The lowest BCUT2D eigenvalue weighted by Crippen LogP contribution is -2.26. The van der Waals surface area contributed by atoms with E-state index < -0.39 is 11.6 Å². The number of aliphatic imine (C=N–C) groups is 1. The second-order valence-electron chi connectivity index (χ2n) is 5.08. The van der Waals surface area contributed by atoms with Gasteiger partial charge in [-0.05, 0) is 17.6 Å². The highest BCUT2D eigenvalue weighted by atomic mass is 16.2. The molecule has 1 aromatic carbocycles. The molecule has 0 amide bonds. The number of nitrogens with zero attached hydrogens (tertiary/aromatic N) is 1. The van der Waals surface area contributed by atoms with Gasteiger partial charge < -0.3 is 5.73 Å². The fourth-order valence-corrected chi connectivity index (χ4v) is 2.17. The van der Waals surface area contributed by atoms with E-state index >= 15 is 0 Å². The molecule has 0 unspecified atom stereocenters. The number of hydrogen-bond acceptors (Lipinski definition) is 3. The van der Waals surface area contributed by atoms with Gasteiger partial charge in [0.05, 0.1) is 0 Å². The van der Waals surface area contributed by atoms with Gasteiger partial charge in [0, 0.05) is 11.5 Å². The highest BCUT2D eigenvalue weighted by molar-refractivity contribution is 6.52. The summed E-state index contributed by atoms with van der Waals surface area (Å²) in [5.41, 5.74) is 8.07. The first-order valence-electron chi connectivity index (χ1n) is 6.73. The van der Waals surface area contributed by atoms with Gasteiger partial charge in [-0.3, -0.25) is 9.59 Å². The van der Waals surface area contributed by atoms with Crippen molar-refractivity contribution in [3.05, 3.63) is 41.1 Å². The van der Waals surface area contributed by atoms with Gasteiger partial charge >= 0.3 is 0 Å². The minimum Gasteiger partial charge on any atom is -0.387 e. The molecule has 4 heteroatoms. The van der Waals surface area contributed by atoms with E-state index in [1.54, 1.807) is 12.1 Å². The van der Waals surface area contributed by atoms with Gasteiger partial charge in [-0.25, -0.2) is 4.99 Å². The summed E-state index contributed by atoms with van der Waals surface area (Å²) in [7, 11) is 0. The summed E-state index contributed by atoms with van der Waals surface area (Å²) in [4.78, 5) is 28.6. The molecule has 0 aromatic heterocycles. The molecule has 0 bridgehead atoms. The molecule has 0 spiro atoms. The van der Waals surface area contributed by atoms with Crippen molar-refractivity contribution >= 4 is 23.0 Å². The predicted octanol–water partition coefficient (Wildman–Crippen LogP) is 2.59. The summed E-state index contributed by atoms with van der Waals surface area (Å²) in [6.45, 7) is 5.73. The first kappa shape index (κ1) is 14.2. The topological polar surface area (TPSA) is 72.5 Å². The maximum atomic E-state index is 12.2. The van der Waals surface area contributed by atoms with Gasteiger partial charge in [-0.15, -0.1) is 0 Å². The molecule has 1 aliphatic rings. The molecule has 4 nitrogen and oxygen atoms in total. The van der Waals surface area contributed by atoms with E-state index in [0.29, 0.717) is 17.8 Å². The molecule has 1 aliphatic carbocycles. The summed E-state index contributed by atoms with van der Waals surface area (Å²) < 4.78 is 0. The molecule has 0 saturated carbocycles. The van der Waals surface area contributed by atoms with Gasteiger partial charge in [0.1, 0.15) is 11.5 Å². The van der Waals surface area contributed by atoms with E-state index in [-0.39, 0.29) is 11.6 Å². The summed E-state index contributed by atoms with van der Waals surface area (Å²) in [6, 6.07) is 7.13. The van der Waals surface area contributed by atoms with Crippen LogP contribution in [-0.2, 0) is 4.79 Å². The Morgan fingerprint density at radius 3 is 2.30 bits per heavy atom. The van der Waals surface area contributed by atoms with Crippen molar-refractivity contribution in [3.63, 3.8) is 0 Å². The fraction of sp³-hybridized carbons (Fsp3) is 0.312. The Labute approximate surface area is 118 Å². The van der Waals surface area contributed by atoms with Crippen LogP contribution in [0.4, 0.5) is 0 Å². The van der Waals surface area contributed by atoms with Crippen LogP contribution in [0.3, 0.4) is 0 Å². The Morgan fingerprint density at radius 2 is 1.75 bits per heavy atom. The Hall–Kier alpha value is -2.23. The van der Waals surface area contributed by atoms with Crippen LogP contribution in [0, 0.1) is 5.92 Å². The SMILES string of the molecule is CCC1=C(N=C(N)C(C)C)C(=O)C(=O)c2ccccc21. The van der Waals surface area contributed by atoms with Crippen molar-refractivity contribution < 1.29 is 9.59 Å². The number of benzene rings is 1. The molecule has 20 heavy (non-hydrogen) atoms. The van der Waals surface area contributed by atoms with Crippen LogP contribution in [0.15, 0.2) is 35.0 Å². The number of nitrogens with two attached hydrogens (primary N) is 1. The summed E-state index contributed by atoms with van der Waals surface area (Å²) >= 11 is 0. The van der Waals surface area contributed by atoms with Gasteiger partial charge in [0.2, 0.25) is 5.78 Å². The van der Waals surface area contributed by atoms with E-state index in [2.05, 4.69) is 4.99 Å². The van der Waals surface area contributed by atoms with Gasteiger partial charge in [-0.1, -0.05) is 45.0 Å². The molecular weight excluding hydrogens is 252 g/mol. The van der Waals surface area contributed by atoms with Crippen LogP contribution in [-0.4, -0.2) is 17.4 Å². The van der Waals surface area contributed by atoms with E-state index in [1.807, 2.05) is 32.9 Å². The number of amidine groups is 1. The smallest absolute Gasteiger partial charge is 0.252 e. The number of Topliss-reactive ketones (excluding diaryl/α,β-unsaturated/α-hetero) is 2. The zero-order chi connectivity index (χ0) is 14.9. The lowest BCUT2D eigenvalue weighted by atomic mass is 9.86. The van der Waals surface area contributed by atoms with E-state index in [4.69, 9.17) is 5.73 Å². The van der Waals surface area contributed by atoms with Crippen molar-refractivity contribution in [1.82, 2.24) is 0 Å². The zero-order valence-corrected chi connectivity index (χ0v) is 11.9. The number of rotatable bonds is 3. The Morgan fingerprint density at radius 1 is 1.15 bits per heavy atom. The average Bonchev–Trinajstić information content (AvgIpc) is 2.44. The number of allylic oxidation sites excluding steroid dienone is 2. The Kier molecular flexibility index (Phi) is 3.84. The summed E-state index contributed by atoms with van der Waals surface area (Å²) in [5.74, 6) is -0.676. The third-order valence-electron chi connectivity index (χ3n) is 3.39. The molecule has 2 rings (SSSR count). The molecule has 0 radical (unpaired) electrons. The quantitative estimate of drug-likeness (QED) is 0.521. The third-order valence-corrected chi connectivity index (χ3v) is 3.39. The number of fused-ring (bicyclic) bond motifs is 1. The van der Waals surface area contributed by atoms with Crippen LogP contribution in [0.25, 0.3) is 5.57 Å². The summed E-state index contributed by atoms with van der Waals surface area (Å²) in [6.07, 6.45) is 0.625. The molecule has 0 heterocycles. The van der Waals surface area contributed by atoms with Crippen LogP contribution in [0.1, 0.15) is 43.1 Å². The second-order valence-corrected chi connectivity index (χ2v) is 5.08. The highest BCUT2D eigenvalue weighted by Crippen LogP contribution is 2.32. The molecule has 1 aromatic rings. The van der Waals surface area contributed by atoms with Crippen LogP contribution < -0.4 is 5.73 Å².